The molecule has 0 saturated heterocycles. The first-order chi connectivity index (χ1) is 9.40. The molecule has 0 unspecified atom stereocenters. The lowest BCUT2D eigenvalue weighted by atomic mass is 10.2. The molecule has 0 atom stereocenters. The lowest BCUT2D eigenvalue weighted by Gasteiger charge is -2.11. The van der Waals surface area contributed by atoms with Crippen LogP contribution in [0.3, 0.4) is 0 Å². The second kappa shape index (κ2) is 5.30. The van der Waals surface area contributed by atoms with Gasteiger partial charge in [0.05, 0.1) is 10.5 Å². The van der Waals surface area contributed by atoms with E-state index in [2.05, 4.69) is 10.4 Å². The van der Waals surface area contributed by atoms with E-state index in [1.165, 1.54) is 0 Å². The van der Waals surface area contributed by atoms with E-state index < -0.39 is 10.8 Å². The Morgan fingerprint density at radius 3 is 2.55 bits per heavy atom. The van der Waals surface area contributed by atoms with Gasteiger partial charge in [0.2, 0.25) is 0 Å². The summed E-state index contributed by atoms with van der Waals surface area (Å²) in [5, 5.41) is 10.6. The first-order valence-electron chi connectivity index (χ1n) is 5.66. The molecular formula is C12H11ClN4O3. The number of hydrogen-bond acceptors (Lipinski definition) is 4. The van der Waals surface area contributed by atoms with Gasteiger partial charge in [-0.3, -0.25) is 25.0 Å². The molecule has 0 spiro atoms. The third kappa shape index (κ3) is 2.62. The van der Waals surface area contributed by atoms with E-state index >= 15 is 0 Å². The fraction of sp³-hybridized carbons (Fsp3) is 0.167. The van der Waals surface area contributed by atoms with Crippen molar-refractivity contribution in [1.82, 2.24) is 9.66 Å². The van der Waals surface area contributed by atoms with Crippen LogP contribution in [0, 0.1) is 24.0 Å². The molecule has 0 radical (unpaired) electrons. The Morgan fingerprint density at radius 2 is 2.00 bits per heavy atom. The highest BCUT2D eigenvalue weighted by Crippen LogP contribution is 2.19. The van der Waals surface area contributed by atoms with Gasteiger partial charge in [0.1, 0.15) is 11.3 Å². The molecule has 0 aliphatic carbocycles. The van der Waals surface area contributed by atoms with Gasteiger partial charge in [0.15, 0.2) is 0 Å². The molecule has 2 rings (SSSR count). The molecule has 104 valence electrons. The topological polar surface area (TPSA) is 90.1 Å². The van der Waals surface area contributed by atoms with E-state index in [0.717, 1.165) is 23.7 Å². The molecule has 8 heteroatoms. The number of amides is 1. The van der Waals surface area contributed by atoms with Crippen LogP contribution in [0.1, 0.15) is 21.7 Å². The fourth-order valence-electron chi connectivity index (χ4n) is 1.70. The second-order valence-electron chi connectivity index (χ2n) is 4.18. The van der Waals surface area contributed by atoms with Crippen LogP contribution in [0.4, 0.5) is 5.69 Å². The number of carbonyl (C=O) groups excluding carboxylic acids is 1. The third-order valence-electron chi connectivity index (χ3n) is 2.76. The second-order valence-corrected chi connectivity index (χ2v) is 4.54. The van der Waals surface area contributed by atoms with Crippen LogP contribution in [0.25, 0.3) is 0 Å². The summed E-state index contributed by atoms with van der Waals surface area (Å²) in [4.78, 5) is 25.8. The van der Waals surface area contributed by atoms with E-state index in [4.69, 9.17) is 11.6 Å². The van der Waals surface area contributed by atoms with Gasteiger partial charge in [0, 0.05) is 17.5 Å². The maximum absolute atomic E-state index is 12.1. The monoisotopic (exact) mass is 294 g/mol. The van der Waals surface area contributed by atoms with Gasteiger partial charge in [-0.1, -0.05) is 11.6 Å². The summed E-state index contributed by atoms with van der Waals surface area (Å²) in [5.74, 6) is -0.561. The normalized spacial score (nSPS) is 10.3. The molecule has 1 N–H and O–H groups in total. The van der Waals surface area contributed by atoms with Crippen LogP contribution in [0.2, 0.25) is 5.15 Å². The van der Waals surface area contributed by atoms with E-state index in [-0.39, 0.29) is 16.4 Å². The summed E-state index contributed by atoms with van der Waals surface area (Å²) in [6.07, 6.45) is 1.01. The fourth-order valence-corrected chi connectivity index (χ4v) is 1.89. The zero-order chi connectivity index (χ0) is 14.9. The minimum Gasteiger partial charge on any atom is -0.267 e. The Kier molecular flexibility index (Phi) is 3.71. The van der Waals surface area contributed by atoms with Crippen LogP contribution in [0.5, 0.6) is 0 Å². The number of nitro groups is 1. The van der Waals surface area contributed by atoms with Crippen molar-refractivity contribution in [2.24, 2.45) is 0 Å². The number of pyridine rings is 1. The number of nitrogens with one attached hydrogen (secondary N) is 1. The number of nitrogens with zero attached hydrogens (tertiary/aromatic N) is 3. The maximum atomic E-state index is 12.1. The highest BCUT2D eigenvalue weighted by atomic mass is 35.5. The van der Waals surface area contributed by atoms with E-state index in [0.29, 0.717) is 0 Å². The number of carbonyl (C=O) groups is 1. The summed E-state index contributed by atoms with van der Waals surface area (Å²) in [7, 11) is 0. The van der Waals surface area contributed by atoms with Crippen molar-refractivity contribution >= 4 is 23.2 Å². The summed E-state index contributed by atoms with van der Waals surface area (Å²) < 4.78 is 1.57. The first kappa shape index (κ1) is 14.0. The van der Waals surface area contributed by atoms with Crippen molar-refractivity contribution in [3.8, 4) is 0 Å². The van der Waals surface area contributed by atoms with Crippen LogP contribution in [0.15, 0.2) is 24.4 Å². The number of rotatable bonds is 3. The predicted octanol–water partition coefficient (Wildman–Crippen LogP) is 2.45. The Labute approximate surface area is 119 Å². The molecule has 2 aromatic rings. The molecule has 0 aliphatic rings. The van der Waals surface area contributed by atoms with E-state index in [1.807, 2.05) is 26.0 Å². The molecule has 2 aromatic heterocycles. The van der Waals surface area contributed by atoms with Gasteiger partial charge in [-0.2, -0.15) is 0 Å². The zero-order valence-electron chi connectivity index (χ0n) is 10.8. The van der Waals surface area contributed by atoms with Crippen molar-refractivity contribution in [3.63, 3.8) is 0 Å². The van der Waals surface area contributed by atoms with E-state index in [9.17, 15) is 14.9 Å². The summed E-state index contributed by atoms with van der Waals surface area (Å²) in [6, 6.07) is 4.77. The quantitative estimate of drug-likeness (QED) is 0.535. The van der Waals surface area contributed by atoms with Crippen LogP contribution < -0.4 is 5.43 Å². The van der Waals surface area contributed by atoms with Crippen molar-refractivity contribution < 1.29 is 9.72 Å². The van der Waals surface area contributed by atoms with Crippen molar-refractivity contribution in [2.75, 3.05) is 5.43 Å². The number of aryl methyl sites for hydroxylation is 2. The smallest absolute Gasteiger partial charge is 0.267 e. The zero-order valence-corrected chi connectivity index (χ0v) is 11.5. The average molecular weight is 295 g/mol. The standard InChI is InChI=1S/C12H11ClN4O3/c1-7-3-4-8(2)16(7)15-12(18)10-5-9(17(19)20)6-14-11(10)13/h3-6H,1-2H3,(H,15,18). The minimum absolute atomic E-state index is 0.0478. The van der Waals surface area contributed by atoms with Crippen LogP contribution in [-0.2, 0) is 0 Å². The molecule has 7 nitrogen and oxygen atoms in total. The van der Waals surface area contributed by atoms with Crippen LogP contribution >= 0.6 is 11.6 Å². The lowest BCUT2D eigenvalue weighted by molar-refractivity contribution is -0.385. The molecule has 0 aliphatic heterocycles. The van der Waals surface area contributed by atoms with Gasteiger partial charge < -0.3 is 0 Å². The molecule has 20 heavy (non-hydrogen) atoms. The molecule has 0 bridgehead atoms. The molecule has 0 fully saturated rings. The largest absolute Gasteiger partial charge is 0.288 e. The Bertz CT molecular complexity index is 677. The van der Waals surface area contributed by atoms with Gasteiger partial charge >= 0.3 is 0 Å². The number of hydrogen-bond donors (Lipinski definition) is 1. The maximum Gasteiger partial charge on any atom is 0.288 e. The van der Waals surface area contributed by atoms with Gasteiger partial charge in [-0.15, -0.1) is 0 Å². The molecule has 0 aromatic carbocycles. The third-order valence-corrected chi connectivity index (χ3v) is 3.07. The molecular weight excluding hydrogens is 284 g/mol. The predicted molar refractivity (Wildman–Crippen MR) is 73.5 cm³/mol. The first-order valence-corrected chi connectivity index (χ1v) is 6.04. The molecule has 1 amide bonds. The highest BCUT2D eigenvalue weighted by Gasteiger charge is 2.18. The summed E-state index contributed by atoms with van der Waals surface area (Å²) in [6.45, 7) is 3.64. The van der Waals surface area contributed by atoms with Crippen molar-refractivity contribution in [1.29, 1.82) is 0 Å². The average Bonchev–Trinajstić information content (AvgIpc) is 2.70. The van der Waals surface area contributed by atoms with Gasteiger partial charge in [-0.05, 0) is 26.0 Å². The SMILES string of the molecule is Cc1ccc(C)n1NC(=O)c1cc([N+](=O)[O-])cnc1Cl. The number of aromatic nitrogens is 2. The number of halogens is 1. The Morgan fingerprint density at radius 1 is 1.40 bits per heavy atom. The Balaban J connectivity index is 2.34. The van der Waals surface area contributed by atoms with Crippen molar-refractivity contribution in [2.45, 2.75) is 13.8 Å². The van der Waals surface area contributed by atoms with Gasteiger partial charge in [0.25, 0.3) is 11.6 Å². The minimum atomic E-state index is -0.633. The molecule has 0 saturated carbocycles. The van der Waals surface area contributed by atoms with Crippen molar-refractivity contribution in [3.05, 3.63) is 56.6 Å². The summed E-state index contributed by atoms with van der Waals surface area (Å²) >= 11 is 5.81. The van der Waals surface area contributed by atoms with E-state index in [1.54, 1.807) is 4.68 Å². The Hall–Kier alpha value is -2.41. The molecule has 2 heterocycles. The lowest BCUT2D eigenvalue weighted by Crippen LogP contribution is -2.25. The summed E-state index contributed by atoms with van der Waals surface area (Å²) in [5.41, 5.74) is 3.92. The highest BCUT2D eigenvalue weighted by molar-refractivity contribution is 6.33. The van der Waals surface area contributed by atoms with Gasteiger partial charge in [-0.25, -0.2) is 4.98 Å². The van der Waals surface area contributed by atoms with Crippen LogP contribution in [-0.4, -0.2) is 20.5 Å².